The maximum absolute atomic E-state index is 10.7. The molecule has 80 valence electrons. The van der Waals surface area contributed by atoms with Gasteiger partial charge in [-0.15, -0.1) is 0 Å². The number of carboxylic acids is 2. The second-order valence-corrected chi connectivity index (χ2v) is 3.64. The van der Waals surface area contributed by atoms with Crippen molar-refractivity contribution in [2.24, 2.45) is 5.92 Å². The van der Waals surface area contributed by atoms with E-state index in [1.807, 2.05) is 4.90 Å². The van der Waals surface area contributed by atoms with Crippen molar-refractivity contribution in [3.63, 3.8) is 0 Å². The van der Waals surface area contributed by atoms with Crippen LogP contribution in [0.2, 0.25) is 0 Å². The summed E-state index contributed by atoms with van der Waals surface area (Å²) in [5.74, 6) is -2.83. The van der Waals surface area contributed by atoms with E-state index in [0.717, 1.165) is 25.9 Å². The van der Waals surface area contributed by atoms with Gasteiger partial charge in [0, 0.05) is 6.54 Å². The number of nitrogens with zero attached hydrogens (tertiary/aromatic N) is 1. The molecule has 1 heterocycles. The number of aliphatic carboxylic acids is 2. The van der Waals surface area contributed by atoms with Crippen molar-refractivity contribution in [2.75, 3.05) is 19.6 Å². The van der Waals surface area contributed by atoms with Crippen LogP contribution in [0.15, 0.2) is 0 Å². The topological polar surface area (TPSA) is 77.8 Å². The molecule has 1 atom stereocenters. The summed E-state index contributed by atoms with van der Waals surface area (Å²) in [6.45, 7) is 2.15. The highest BCUT2D eigenvalue weighted by Gasteiger charge is 2.25. The van der Waals surface area contributed by atoms with Gasteiger partial charge in [0.15, 0.2) is 0 Å². The summed E-state index contributed by atoms with van der Waals surface area (Å²) in [5, 5.41) is 17.3. The van der Waals surface area contributed by atoms with Gasteiger partial charge < -0.3 is 15.1 Å². The molecule has 0 bridgehead atoms. The van der Waals surface area contributed by atoms with Crippen LogP contribution in [0.1, 0.15) is 19.3 Å². The number of rotatable bonds is 5. The summed E-state index contributed by atoms with van der Waals surface area (Å²) in [6.07, 6.45) is 1.88. The average molecular weight is 201 g/mol. The second-order valence-electron chi connectivity index (χ2n) is 3.64. The summed E-state index contributed by atoms with van der Waals surface area (Å²) in [6, 6.07) is 0. The monoisotopic (exact) mass is 201 g/mol. The van der Waals surface area contributed by atoms with E-state index in [1.54, 1.807) is 0 Å². The molecule has 1 aliphatic heterocycles. The lowest BCUT2D eigenvalue weighted by Gasteiger charge is -2.18. The predicted molar refractivity (Wildman–Crippen MR) is 49.1 cm³/mol. The first-order valence-electron chi connectivity index (χ1n) is 4.76. The fraction of sp³-hybridized carbons (Fsp3) is 0.778. The molecule has 0 aromatic heterocycles. The molecule has 1 unspecified atom stereocenters. The van der Waals surface area contributed by atoms with Gasteiger partial charge in [-0.2, -0.15) is 0 Å². The Morgan fingerprint density at radius 1 is 1.21 bits per heavy atom. The Labute approximate surface area is 82.3 Å². The van der Waals surface area contributed by atoms with Crippen LogP contribution in [0.25, 0.3) is 0 Å². The van der Waals surface area contributed by atoms with Gasteiger partial charge in [-0.25, -0.2) is 0 Å². The van der Waals surface area contributed by atoms with Crippen molar-refractivity contribution >= 4 is 11.9 Å². The summed E-state index contributed by atoms with van der Waals surface area (Å²) in [5.41, 5.74) is 0. The molecule has 0 amide bonds. The number of hydrogen-bond donors (Lipinski definition) is 2. The summed E-state index contributed by atoms with van der Waals surface area (Å²) >= 11 is 0. The van der Waals surface area contributed by atoms with Crippen molar-refractivity contribution in [1.29, 1.82) is 0 Å². The first-order valence-corrected chi connectivity index (χ1v) is 4.76. The predicted octanol–water partition coefficient (Wildman–Crippen LogP) is 0.258. The molecule has 14 heavy (non-hydrogen) atoms. The van der Waals surface area contributed by atoms with E-state index in [1.165, 1.54) is 0 Å². The maximum atomic E-state index is 10.7. The smallest absolute Gasteiger partial charge is 0.308 e. The molecule has 1 rings (SSSR count). The Bertz CT molecular complexity index is 223. The molecule has 1 aliphatic rings. The molecule has 5 nitrogen and oxygen atoms in total. The number of likely N-dealkylation sites (tertiary alicyclic amines) is 1. The molecular weight excluding hydrogens is 186 g/mol. The highest BCUT2D eigenvalue weighted by Crippen LogP contribution is 2.13. The molecular formula is C9H15NO4. The van der Waals surface area contributed by atoms with Crippen LogP contribution in [0.5, 0.6) is 0 Å². The number of carboxylic acid groups (broad SMARTS) is 2. The van der Waals surface area contributed by atoms with Crippen molar-refractivity contribution in [1.82, 2.24) is 4.90 Å². The number of hydrogen-bond acceptors (Lipinski definition) is 3. The minimum atomic E-state index is -1.04. The number of carbonyl (C=O) groups is 2. The zero-order chi connectivity index (χ0) is 10.6. The van der Waals surface area contributed by atoms with Gasteiger partial charge in [0.05, 0.1) is 12.3 Å². The van der Waals surface area contributed by atoms with Gasteiger partial charge in [-0.3, -0.25) is 9.59 Å². The summed E-state index contributed by atoms with van der Waals surface area (Å²) in [4.78, 5) is 23.2. The Hall–Kier alpha value is -1.10. The molecule has 1 fully saturated rings. The summed E-state index contributed by atoms with van der Waals surface area (Å²) in [7, 11) is 0. The first kappa shape index (κ1) is 11.0. The fourth-order valence-corrected chi connectivity index (χ4v) is 1.72. The third-order valence-corrected chi connectivity index (χ3v) is 2.45. The van der Waals surface area contributed by atoms with Gasteiger partial charge in [0.2, 0.25) is 0 Å². The van der Waals surface area contributed by atoms with Crippen molar-refractivity contribution in [3.8, 4) is 0 Å². The SMILES string of the molecule is O=C(O)CC(CN1CCCC1)C(=O)O. The minimum Gasteiger partial charge on any atom is -0.481 e. The molecule has 0 aliphatic carbocycles. The molecule has 0 aromatic carbocycles. The lowest BCUT2D eigenvalue weighted by molar-refractivity contribution is -0.148. The quantitative estimate of drug-likeness (QED) is 0.667. The molecule has 2 N–H and O–H groups in total. The summed E-state index contributed by atoms with van der Waals surface area (Å²) < 4.78 is 0. The van der Waals surface area contributed by atoms with E-state index in [0.29, 0.717) is 6.54 Å². The van der Waals surface area contributed by atoms with Crippen LogP contribution in [-0.2, 0) is 9.59 Å². The molecule has 0 saturated carbocycles. The standard InChI is InChI=1S/C9H15NO4/c11-8(12)5-7(9(13)14)6-10-3-1-2-4-10/h7H,1-6H2,(H,11,12)(H,13,14). The zero-order valence-electron chi connectivity index (χ0n) is 7.98. The van der Waals surface area contributed by atoms with Crippen LogP contribution in [-0.4, -0.2) is 46.7 Å². The Morgan fingerprint density at radius 3 is 2.21 bits per heavy atom. The Morgan fingerprint density at radius 2 is 1.79 bits per heavy atom. The molecule has 0 aromatic rings. The van der Waals surface area contributed by atoms with Gasteiger partial charge >= 0.3 is 11.9 Å². The molecule has 1 saturated heterocycles. The van der Waals surface area contributed by atoms with Gasteiger partial charge in [0.1, 0.15) is 0 Å². The van der Waals surface area contributed by atoms with Crippen LogP contribution in [0.3, 0.4) is 0 Å². The third-order valence-electron chi connectivity index (χ3n) is 2.45. The average Bonchev–Trinajstić information content (AvgIpc) is 2.54. The van der Waals surface area contributed by atoms with E-state index in [4.69, 9.17) is 10.2 Å². The van der Waals surface area contributed by atoms with Crippen LogP contribution < -0.4 is 0 Å². The first-order chi connectivity index (χ1) is 6.59. The van der Waals surface area contributed by atoms with Crippen LogP contribution in [0, 0.1) is 5.92 Å². The van der Waals surface area contributed by atoms with E-state index in [-0.39, 0.29) is 6.42 Å². The highest BCUT2D eigenvalue weighted by atomic mass is 16.4. The molecule has 0 spiro atoms. The van der Waals surface area contributed by atoms with Gasteiger partial charge in [0.25, 0.3) is 0 Å². The zero-order valence-corrected chi connectivity index (χ0v) is 7.98. The second kappa shape index (κ2) is 4.95. The normalized spacial score (nSPS) is 19.4. The van der Waals surface area contributed by atoms with Crippen molar-refractivity contribution in [3.05, 3.63) is 0 Å². The van der Waals surface area contributed by atoms with E-state index in [2.05, 4.69) is 0 Å². The van der Waals surface area contributed by atoms with E-state index >= 15 is 0 Å². The van der Waals surface area contributed by atoms with Crippen molar-refractivity contribution in [2.45, 2.75) is 19.3 Å². The van der Waals surface area contributed by atoms with E-state index in [9.17, 15) is 9.59 Å². The maximum Gasteiger partial charge on any atom is 0.308 e. The minimum absolute atomic E-state index is 0.286. The lowest BCUT2D eigenvalue weighted by Crippen LogP contribution is -2.32. The molecule has 0 radical (unpaired) electrons. The highest BCUT2D eigenvalue weighted by molar-refractivity contribution is 5.77. The van der Waals surface area contributed by atoms with Gasteiger partial charge in [-0.1, -0.05) is 0 Å². The largest absolute Gasteiger partial charge is 0.481 e. The fourth-order valence-electron chi connectivity index (χ4n) is 1.72. The van der Waals surface area contributed by atoms with Crippen LogP contribution >= 0.6 is 0 Å². The van der Waals surface area contributed by atoms with Crippen molar-refractivity contribution < 1.29 is 19.8 Å². The van der Waals surface area contributed by atoms with Crippen LogP contribution in [0.4, 0.5) is 0 Å². The lowest BCUT2D eigenvalue weighted by atomic mass is 10.1. The van der Waals surface area contributed by atoms with E-state index < -0.39 is 17.9 Å². The Kier molecular flexibility index (Phi) is 3.88. The van der Waals surface area contributed by atoms with Gasteiger partial charge in [-0.05, 0) is 25.9 Å². The molecule has 5 heteroatoms. The Balaban J connectivity index is 2.41. The third kappa shape index (κ3) is 3.33.